The molecule has 2 aromatic heterocycles. The molecular weight excluding hydrogens is 166 g/mol. The van der Waals surface area contributed by atoms with E-state index in [-0.39, 0.29) is 5.75 Å². The zero-order valence-electron chi connectivity index (χ0n) is 7.02. The van der Waals surface area contributed by atoms with Crippen LogP contribution in [0, 0.1) is 18.3 Å². The van der Waals surface area contributed by atoms with Crippen LogP contribution in [0.5, 0.6) is 5.75 Å². The first-order valence-corrected chi connectivity index (χ1v) is 3.79. The van der Waals surface area contributed by atoms with Crippen molar-refractivity contribution in [2.45, 2.75) is 6.92 Å². The Morgan fingerprint density at radius 3 is 3.08 bits per heavy atom. The molecule has 0 atom stereocenters. The first kappa shape index (κ1) is 7.62. The summed E-state index contributed by atoms with van der Waals surface area (Å²) in [4.78, 5) is 0. The van der Waals surface area contributed by atoms with Crippen LogP contribution in [0.3, 0.4) is 0 Å². The Bertz CT molecular complexity index is 507. The van der Waals surface area contributed by atoms with E-state index in [1.807, 2.05) is 13.0 Å². The molecule has 0 aliphatic heterocycles. The van der Waals surface area contributed by atoms with Crippen LogP contribution in [0.2, 0.25) is 0 Å². The molecule has 0 amide bonds. The van der Waals surface area contributed by atoms with Gasteiger partial charge in [-0.15, -0.1) is 0 Å². The van der Waals surface area contributed by atoms with Gasteiger partial charge in [0.2, 0.25) is 0 Å². The second-order valence-electron chi connectivity index (χ2n) is 2.84. The summed E-state index contributed by atoms with van der Waals surface area (Å²) in [6, 6.07) is 3.65. The first-order valence-electron chi connectivity index (χ1n) is 3.79. The maximum atomic E-state index is 9.25. The predicted octanol–water partition coefficient (Wildman–Crippen LogP) is 1.22. The molecule has 0 aliphatic carbocycles. The summed E-state index contributed by atoms with van der Waals surface area (Å²) in [7, 11) is 0. The minimum absolute atomic E-state index is 0.151. The largest absolute Gasteiger partial charge is 0.506 e. The summed E-state index contributed by atoms with van der Waals surface area (Å²) in [5, 5.41) is 21.9. The monoisotopic (exact) mass is 173 g/mol. The lowest BCUT2D eigenvalue weighted by Gasteiger charge is -1.99. The molecule has 0 unspecified atom stereocenters. The fourth-order valence-electron chi connectivity index (χ4n) is 1.39. The molecule has 13 heavy (non-hydrogen) atoms. The van der Waals surface area contributed by atoms with Gasteiger partial charge in [0.1, 0.15) is 11.8 Å². The van der Waals surface area contributed by atoms with Crippen molar-refractivity contribution in [2.75, 3.05) is 0 Å². The van der Waals surface area contributed by atoms with E-state index in [1.54, 1.807) is 6.07 Å². The van der Waals surface area contributed by atoms with Gasteiger partial charge in [-0.2, -0.15) is 10.4 Å². The Morgan fingerprint density at radius 1 is 1.62 bits per heavy atom. The van der Waals surface area contributed by atoms with Crippen LogP contribution in [0.1, 0.15) is 11.1 Å². The number of hydrogen-bond donors (Lipinski definition) is 1. The highest BCUT2D eigenvalue weighted by Crippen LogP contribution is 2.19. The van der Waals surface area contributed by atoms with Gasteiger partial charge < -0.3 is 5.11 Å². The van der Waals surface area contributed by atoms with Crippen LogP contribution < -0.4 is 0 Å². The molecule has 0 aliphatic rings. The lowest BCUT2D eigenvalue weighted by molar-refractivity contribution is 0.470. The Labute approximate surface area is 74.7 Å². The second-order valence-corrected chi connectivity index (χ2v) is 2.84. The number of hydrogen-bond acceptors (Lipinski definition) is 3. The summed E-state index contributed by atoms with van der Waals surface area (Å²) < 4.78 is 1.50. The maximum Gasteiger partial charge on any atom is 0.134 e. The van der Waals surface area contributed by atoms with Crippen molar-refractivity contribution in [2.24, 2.45) is 0 Å². The van der Waals surface area contributed by atoms with Crippen molar-refractivity contribution in [3.05, 3.63) is 29.6 Å². The smallest absolute Gasteiger partial charge is 0.134 e. The highest BCUT2D eigenvalue weighted by atomic mass is 16.3. The molecule has 0 radical (unpaired) electrons. The average molecular weight is 173 g/mol. The summed E-state index contributed by atoms with van der Waals surface area (Å²) in [5.41, 5.74) is 2.12. The van der Waals surface area contributed by atoms with Gasteiger partial charge in [0.05, 0.1) is 23.5 Å². The molecule has 2 aromatic rings. The standard InChI is InChI=1S/C9H7N3O/c1-6-2-8(13)5-12-9(6)7(3-10)4-11-12/h2,4-5,13H,1H3. The van der Waals surface area contributed by atoms with Crippen LogP contribution in [-0.2, 0) is 0 Å². The van der Waals surface area contributed by atoms with Gasteiger partial charge in [0.15, 0.2) is 0 Å². The molecule has 4 heteroatoms. The maximum absolute atomic E-state index is 9.25. The number of aromatic nitrogens is 2. The molecule has 1 N–H and O–H groups in total. The Kier molecular flexibility index (Phi) is 1.46. The highest BCUT2D eigenvalue weighted by Gasteiger charge is 2.06. The van der Waals surface area contributed by atoms with E-state index in [4.69, 9.17) is 5.26 Å². The molecule has 0 bridgehead atoms. The normalized spacial score (nSPS) is 10.2. The van der Waals surface area contributed by atoms with Crippen molar-refractivity contribution in [3.63, 3.8) is 0 Å². The predicted molar refractivity (Wildman–Crippen MR) is 46.3 cm³/mol. The number of nitrogens with zero attached hydrogens (tertiary/aromatic N) is 3. The van der Waals surface area contributed by atoms with Crippen LogP contribution in [0.25, 0.3) is 5.52 Å². The molecule has 0 saturated heterocycles. The van der Waals surface area contributed by atoms with E-state index in [2.05, 4.69) is 5.10 Å². The number of aryl methyl sites for hydroxylation is 1. The Balaban J connectivity index is 2.92. The molecule has 2 rings (SSSR count). The van der Waals surface area contributed by atoms with Crippen molar-refractivity contribution >= 4 is 5.52 Å². The van der Waals surface area contributed by atoms with E-state index >= 15 is 0 Å². The minimum Gasteiger partial charge on any atom is -0.506 e. The average Bonchev–Trinajstić information content (AvgIpc) is 2.47. The summed E-state index contributed by atoms with van der Waals surface area (Å²) in [5.74, 6) is 0.151. The summed E-state index contributed by atoms with van der Waals surface area (Å²) in [6.45, 7) is 1.83. The van der Waals surface area contributed by atoms with E-state index in [0.29, 0.717) is 5.56 Å². The summed E-state index contributed by atoms with van der Waals surface area (Å²) in [6.07, 6.45) is 2.96. The van der Waals surface area contributed by atoms with Gasteiger partial charge in [-0.3, -0.25) is 0 Å². The second kappa shape index (κ2) is 2.49. The zero-order chi connectivity index (χ0) is 9.42. The van der Waals surface area contributed by atoms with Crippen molar-refractivity contribution < 1.29 is 5.11 Å². The number of rotatable bonds is 0. The molecule has 64 valence electrons. The quantitative estimate of drug-likeness (QED) is 0.651. The van der Waals surface area contributed by atoms with Gasteiger partial charge in [-0.25, -0.2) is 4.52 Å². The fraction of sp³-hybridized carbons (Fsp3) is 0.111. The molecule has 0 spiro atoms. The molecule has 2 heterocycles. The van der Waals surface area contributed by atoms with E-state index in [9.17, 15) is 5.11 Å². The Hall–Kier alpha value is -2.02. The minimum atomic E-state index is 0.151. The van der Waals surface area contributed by atoms with Crippen LogP contribution >= 0.6 is 0 Å². The van der Waals surface area contributed by atoms with Crippen LogP contribution in [0.4, 0.5) is 0 Å². The van der Waals surface area contributed by atoms with E-state index in [1.165, 1.54) is 16.9 Å². The van der Waals surface area contributed by atoms with E-state index in [0.717, 1.165) is 11.1 Å². The third-order valence-electron chi connectivity index (χ3n) is 1.91. The van der Waals surface area contributed by atoms with Crippen molar-refractivity contribution in [1.29, 1.82) is 5.26 Å². The Morgan fingerprint density at radius 2 is 2.38 bits per heavy atom. The van der Waals surface area contributed by atoms with Gasteiger partial charge in [-0.05, 0) is 18.6 Å². The topological polar surface area (TPSA) is 61.3 Å². The third kappa shape index (κ3) is 1.02. The number of fused-ring (bicyclic) bond motifs is 1. The molecule has 4 nitrogen and oxygen atoms in total. The van der Waals surface area contributed by atoms with Gasteiger partial charge in [-0.1, -0.05) is 0 Å². The summed E-state index contributed by atoms with van der Waals surface area (Å²) >= 11 is 0. The lowest BCUT2D eigenvalue weighted by Crippen LogP contribution is -1.88. The van der Waals surface area contributed by atoms with Crippen molar-refractivity contribution in [1.82, 2.24) is 9.61 Å². The molecule has 0 fully saturated rings. The highest BCUT2D eigenvalue weighted by molar-refractivity contribution is 5.65. The van der Waals surface area contributed by atoms with Crippen molar-refractivity contribution in [3.8, 4) is 11.8 Å². The zero-order valence-corrected chi connectivity index (χ0v) is 7.02. The van der Waals surface area contributed by atoms with Crippen LogP contribution in [0.15, 0.2) is 18.5 Å². The van der Waals surface area contributed by atoms with Gasteiger partial charge in [0.25, 0.3) is 0 Å². The molecule has 0 aromatic carbocycles. The van der Waals surface area contributed by atoms with Gasteiger partial charge in [0, 0.05) is 0 Å². The van der Waals surface area contributed by atoms with Crippen LogP contribution in [-0.4, -0.2) is 14.7 Å². The molecular formula is C9H7N3O. The number of nitriles is 1. The first-order chi connectivity index (χ1) is 6.22. The SMILES string of the molecule is Cc1cc(O)cn2ncc(C#N)c12. The van der Waals surface area contributed by atoms with Gasteiger partial charge >= 0.3 is 0 Å². The number of pyridine rings is 1. The lowest BCUT2D eigenvalue weighted by atomic mass is 10.2. The van der Waals surface area contributed by atoms with E-state index < -0.39 is 0 Å². The molecule has 0 saturated carbocycles. The number of aromatic hydroxyl groups is 1. The fourth-order valence-corrected chi connectivity index (χ4v) is 1.39. The third-order valence-corrected chi connectivity index (χ3v) is 1.91.